The second-order valence-corrected chi connectivity index (χ2v) is 5.41. The summed E-state index contributed by atoms with van der Waals surface area (Å²) >= 11 is 0. The van der Waals surface area contributed by atoms with Crippen molar-refractivity contribution in [2.45, 2.75) is 19.9 Å². The molecule has 0 aromatic carbocycles. The third kappa shape index (κ3) is 4.53. The number of hydrogen-bond acceptors (Lipinski definition) is 5. The van der Waals surface area contributed by atoms with Gasteiger partial charge in [-0.2, -0.15) is 5.10 Å². The molecule has 0 aliphatic heterocycles. The van der Waals surface area contributed by atoms with E-state index in [-0.39, 0.29) is 18.7 Å². The lowest BCUT2D eigenvalue weighted by atomic mass is 10.3. The summed E-state index contributed by atoms with van der Waals surface area (Å²) in [6, 6.07) is 0. The van der Waals surface area contributed by atoms with Crippen LogP contribution in [0.2, 0.25) is 0 Å². The molecular weight excluding hydrogens is 246 g/mol. The molecule has 1 heterocycles. The Morgan fingerprint density at radius 3 is 2.82 bits per heavy atom. The standard InChI is InChI=1S/C9H15N3O4S/c1-7-8(5-10-12-7)6-11-17(14,15)4-3-9(13)16-2/h5,11H,3-4,6H2,1-2H3,(H,10,12). The molecule has 1 aromatic rings. The van der Waals surface area contributed by atoms with Crippen molar-refractivity contribution in [3.63, 3.8) is 0 Å². The molecule has 0 spiro atoms. The highest BCUT2D eigenvalue weighted by Crippen LogP contribution is 2.02. The molecule has 2 N–H and O–H groups in total. The fourth-order valence-electron chi connectivity index (χ4n) is 1.13. The lowest BCUT2D eigenvalue weighted by Gasteiger charge is -2.05. The molecule has 0 radical (unpaired) electrons. The van der Waals surface area contributed by atoms with Crippen molar-refractivity contribution in [1.82, 2.24) is 14.9 Å². The van der Waals surface area contributed by atoms with Crippen LogP contribution in [0.4, 0.5) is 0 Å². The van der Waals surface area contributed by atoms with E-state index in [0.717, 1.165) is 11.3 Å². The SMILES string of the molecule is COC(=O)CCS(=O)(=O)NCc1cn[nH]c1C. The zero-order chi connectivity index (χ0) is 12.9. The number of rotatable bonds is 6. The summed E-state index contributed by atoms with van der Waals surface area (Å²) in [5.41, 5.74) is 1.58. The van der Waals surface area contributed by atoms with Crippen molar-refractivity contribution in [3.8, 4) is 0 Å². The molecule has 0 unspecified atom stereocenters. The zero-order valence-corrected chi connectivity index (χ0v) is 10.5. The second kappa shape index (κ2) is 5.78. The molecule has 0 bridgehead atoms. The number of sulfonamides is 1. The highest BCUT2D eigenvalue weighted by Gasteiger charge is 2.14. The number of carbonyl (C=O) groups excluding carboxylic acids is 1. The van der Waals surface area contributed by atoms with Gasteiger partial charge in [0.2, 0.25) is 10.0 Å². The number of aromatic nitrogens is 2. The average Bonchev–Trinajstić information content (AvgIpc) is 2.69. The van der Waals surface area contributed by atoms with Crippen molar-refractivity contribution in [1.29, 1.82) is 0 Å². The number of aromatic amines is 1. The summed E-state index contributed by atoms with van der Waals surface area (Å²) in [5, 5.41) is 6.48. The normalized spacial score (nSPS) is 11.4. The number of carbonyl (C=O) groups is 1. The van der Waals surface area contributed by atoms with Gasteiger partial charge >= 0.3 is 5.97 Å². The minimum atomic E-state index is -3.47. The van der Waals surface area contributed by atoms with E-state index in [2.05, 4.69) is 19.7 Å². The van der Waals surface area contributed by atoms with Gasteiger partial charge in [-0.1, -0.05) is 0 Å². The lowest BCUT2D eigenvalue weighted by Crippen LogP contribution is -2.27. The lowest BCUT2D eigenvalue weighted by molar-refractivity contribution is -0.140. The summed E-state index contributed by atoms with van der Waals surface area (Å²) in [6.07, 6.45) is 1.40. The van der Waals surface area contributed by atoms with Gasteiger partial charge in [-0.15, -0.1) is 0 Å². The molecule has 8 heteroatoms. The third-order valence-electron chi connectivity index (χ3n) is 2.22. The minimum Gasteiger partial charge on any atom is -0.469 e. The molecule has 0 aliphatic rings. The van der Waals surface area contributed by atoms with Crippen molar-refractivity contribution in [2.24, 2.45) is 0 Å². The Morgan fingerprint density at radius 1 is 1.59 bits per heavy atom. The summed E-state index contributed by atoms with van der Waals surface area (Å²) in [4.78, 5) is 10.8. The number of hydrogen-bond donors (Lipinski definition) is 2. The summed E-state index contributed by atoms with van der Waals surface area (Å²) in [6.45, 7) is 1.96. The Bertz CT molecular complexity index is 480. The zero-order valence-electron chi connectivity index (χ0n) is 9.69. The number of esters is 1. The molecule has 17 heavy (non-hydrogen) atoms. The number of nitrogens with zero attached hydrogens (tertiary/aromatic N) is 1. The topological polar surface area (TPSA) is 101 Å². The van der Waals surface area contributed by atoms with E-state index in [1.54, 1.807) is 13.1 Å². The number of nitrogens with one attached hydrogen (secondary N) is 2. The fourth-order valence-corrected chi connectivity index (χ4v) is 2.09. The van der Waals surface area contributed by atoms with Crippen LogP contribution in [0, 0.1) is 6.92 Å². The maximum Gasteiger partial charge on any atom is 0.306 e. The van der Waals surface area contributed by atoms with E-state index < -0.39 is 16.0 Å². The largest absolute Gasteiger partial charge is 0.469 e. The van der Waals surface area contributed by atoms with Gasteiger partial charge < -0.3 is 4.74 Å². The van der Waals surface area contributed by atoms with Gasteiger partial charge in [-0.05, 0) is 6.92 Å². The fraction of sp³-hybridized carbons (Fsp3) is 0.556. The van der Waals surface area contributed by atoms with E-state index in [0.29, 0.717) is 0 Å². The van der Waals surface area contributed by atoms with Crippen LogP contribution in [0.3, 0.4) is 0 Å². The molecule has 0 atom stereocenters. The molecule has 0 fully saturated rings. The highest BCUT2D eigenvalue weighted by molar-refractivity contribution is 7.89. The van der Waals surface area contributed by atoms with E-state index in [9.17, 15) is 13.2 Å². The predicted octanol–water partition coefficient (Wildman–Crippen LogP) is -0.299. The van der Waals surface area contributed by atoms with Crippen LogP contribution < -0.4 is 4.72 Å². The van der Waals surface area contributed by atoms with Crippen LogP contribution in [0.1, 0.15) is 17.7 Å². The van der Waals surface area contributed by atoms with Crippen molar-refractivity contribution in [3.05, 3.63) is 17.5 Å². The van der Waals surface area contributed by atoms with Crippen LogP contribution in [0.25, 0.3) is 0 Å². The first kappa shape index (κ1) is 13.7. The average molecular weight is 261 g/mol. The Morgan fingerprint density at radius 2 is 2.29 bits per heavy atom. The maximum atomic E-state index is 11.5. The monoisotopic (exact) mass is 261 g/mol. The number of ether oxygens (including phenoxy) is 1. The van der Waals surface area contributed by atoms with Crippen LogP contribution in [0.15, 0.2) is 6.20 Å². The van der Waals surface area contributed by atoms with Crippen LogP contribution in [0.5, 0.6) is 0 Å². The van der Waals surface area contributed by atoms with Crippen LogP contribution in [-0.4, -0.2) is 37.4 Å². The number of aryl methyl sites for hydroxylation is 1. The summed E-state index contributed by atoms with van der Waals surface area (Å²) < 4.78 is 29.8. The van der Waals surface area contributed by atoms with E-state index in [4.69, 9.17) is 0 Å². The first-order valence-corrected chi connectivity index (χ1v) is 6.63. The molecular formula is C9H15N3O4S. The van der Waals surface area contributed by atoms with E-state index in [1.165, 1.54) is 7.11 Å². The smallest absolute Gasteiger partial charge is 0.306 e. The summed E-state index contributed by atoms with van der Waals surface area (Å²) in [5.74, 6) is -0.828. The highest BCUT2D eigenvalue weighted by atomic mass is 32.2. The minimum absolute atomic E-state index is 0.157. The maximum absolute atomic E-state index is 11.5. The number of H-pyrrole nitrogens is 1. The van der Waals surface area contributed by atoms with Gasteiger partial charge in [-0.3, -0.25) is 9.89 Å². The Hall–Kier alpha value is -1.41. The third-order valence-corrected chi connectivity index (χ3v) is 3.55. The Balaban J connectivity index is 2.45. The van der Waals surface area contributed by atoms with Crippen LogP contribution in [-0.2, 0) is 26.1 Å². The predicted molar refractivity (Wildman–Crippen MR) is 60.6 cm³/mol. The second-order valence-electron chi connectivity index (χ2n) is 3.49. The molecule has 0 saturated carbocycles. The molecule has 7 nitrogen and oxygen atoms in total. The quantitative estimate of drug-likeness (QED) is 0.685. The van der Waals surface area contributed by atoms with Gasteiger partial charge in [0.25, 0.3) is 0 Å². The number of methoxy groups -OCH3 is 1. The Kier molecular flexibility index (Phi) is 4.64. The van der Waals surface area contributed by atoms with Gasteiger partial charge in [0.15, 0.2) is 0 Å². The van der Waals surface area contributed by atoms with Crippen molar-refractivity contribution < 1.29 is 17.9 Å². The molecule has 0 amide bonds. The van der Waals surface area contributed by atoms with Gasteiger partial charge in [0.05, 0.1) is 25.5 Å². The molecule has 96 valence electrons. The Labute approximate surface area is 99.6 Å². The summed E-state index contributed by atoms with van der Waals surface area (Å²) in [7, 11) is -2.25. The van der Waals surface area contributed by atoms with Gasteiger partial charge in [0.1, 0.15) is 0 Å². The molecule has 0 saturated heterocycles. The molecule has 1 rings (SSSR count). The van der Waals surface area contributed by atoms with Gasteiger partial charge in [-0.25, -0.2) is 13.1 Å². The van der Waals surface area contributed by atoms with E-state index >= 15 is 0 Å². The van der Waals surface area contributed by atoms with Crippen molar-refractivity contribution >= 4 is 16.0 Å². The molecule has 1 aromatic heterocycles. The first-order valence-electron chi connectivity index (χ1n) is 4.97. The van der Waals surface area contributed by atoms with Crippen LogP contribution >= 0.6 is 0 Å². The van der Waals surface area contributed by atoms with Crippen molar-refractivity contribution in [2.75, 3.05) is 12.9 Å². The van der Waals surface area contributed by atoms with E-state index in [1.807, 2.05) is 0 Å². The van der Waals surface area contributed by atoms with Gasteiger partial charge in [0, 0.05) is 17.8 Å². The first-order chi connectivity index (χ1) is 7.94. The molecule has 0 aliphatic carbocycles.